The van der Waals surface area contributed by atoms with Gasteiger partial charge in [0, 0.05) is 42.4 Å². The van der Waals surface area contributed by atoms with Crippen molar-refractivity contribution in [2.45, 2.75) is 6.92 Å². The third-order valence-corrected chi connectivity index (χ3v) is 5.42. The molecule has 0 saturated carbocycles. The van der Waals surface area contributed by atoms with Gasteiger partial charge >= 0.3 is 5.97 Å². The molecule has 0 radical (unpaired) electrons. The molecule has 7 nitrogen and oxygen atoms in total. The van der Waals surface area contributed by atoms with Crippen molar-refractivity contribution in [3.8, 4) is 34.4 Å². The number of ether oxygens (including phenoxy) is 4. The Morgan fingerprint density at radius 1 is 1.03 bits per heavy atom. The topological polar surface area (TPSA) is 82.7 Å². The van der Waals surface area contributed by atoms with E-state index >= 15 is 0 Å². The number of hydrogen-bond acceptors (Lipinski definition) is 6. The largest absolute Gasteiger partial charge is 0.496 e. The minimum absolute atomic E-state index is 0.0244. The summed E-state index contributed by atoms with van der Waals surface area (Å²) in [4.78, 5) is 12.4. The molecular weight excluding hydrogens is 432 g/mol. The van der Waals surface area contributed by atoms with Gasteiger partial charge in [-0.25, -0.2) is 4.79 Å². The number of aromatic nitrogens is 1. The van der Waals surface area contributed by atoms with Crippen LogP contribution in [0.5, 0.6) is 11.5 Å². The number of rotatable bonds is 8. The van der Waals surface area contributed by atoms with Crippen LogP contribution in [0.25, 0.3) is 27.6 Å². The molecule has 4 rings (SSSR count). The maximum absolute atomic E-state index is 12.4. The van der Waals surface area contributed by atoms with E-state index in [4.69, 9.17) is 18.9 Å². The molecule has 0 spiro atoms. The van der Waals surface area contributed by atoms with Crippen molar-refractivity contribution >= 4 is 16.7 Å². The zero-order chi connectivity index (χ0) is 24.1. The Morgan fingerprint density at radius 3 is 2.59 bits per heavy atom. The van der Waals surface area contributed by atoms with Gasteiger partial charge in [-0.3, -0.25) is 0 Å². The van der Waals surface area contributed by atoms with Crippen LogP contribution in [0.15, 0.2) is 67.0 Å². The van der Waals surface area contributed by atoms with Crippen molar-refractivity contribution in [1.82, 2.24) is 4.57 Å². The van der Waals surface area contributed by atoms with Crippen molar-refractivity contribution < 1.29 is 23.7 Å². The van der Waals surface area contributed by atoms with E-state index in [2.05, 4.69) is 6.07 Å². The Labute approximate surface area is 197 Å². The lowest BCUT2D eigenvalue weighted by molar-refractivity contribution is 0.0438. The fourth-order valence-corrected chi connectivity index (χ4v) is 3.88. The third kappa shape index (κ3) is 4.32. The van der Waals surface area contributed by atoms with E-state index in [0.717, 1.165) is 21.9 Å². The summed E-state index contributed by atoms with van der Waals surface area (Å²) in [6.07, 6.45) is 3.62. The lowest BCUT2D eigenvalue weighted by Crippen LogP contribution is -2.10. The van der Waals surface area contributed by atoms with Crippen LogP contribution in [0.2, 0.25) is 0 Å². The van der Waals surface area contributed by atoms with Gasteiger partial charge in [-0.15, -0.1) is 0 Å². The fourth-order valence-electron chi connectivity index (χ4n) is 3.88. The van der Waals surface area contributed by atoms with Crippen LogP contribution in [0.4, 0.5) is 0 Å². The molecule has 0 bridgehead atoms. The van der Waals surface area contributed by atoms with E-state index < -0.39 is 5.97 Å². The molecule has 0 N–H and O–H groups in total. The number of esters is 1. The minimum Gasteiger partial charge on any atom is -0.496 e. The first-order valence-electron chi connectivity index (χ1n) is 10.7. The number of nitrogens with zero attached hydrogens (tertiary/aromatic N) is 2. The van der Waals surface area contributed by atoms with E-state index in [1.807, 2.05) is 47.2 Å². The predicted octanol–water partition coefficient (Wildman–Crippen LogP) is 5.34. The van der Waals surface area contributed by atoms with Crippen molar-refractivity contribution in [1.29, 1.82) is 5.26 Å². The number of methoxy groups -OCH3 is 2. The average Bonchev–Trinajstić information content (AvgIpc) is 3.30. The van der Waals surface area contributed by atoms with Gasteiger partial charge in [0.2, 0.25) is 0 Å². The normalized spacial score (nSPS) is 10.6. The summed E-state index contributed by atoms with van der Waals surface area (Å²) in [5, 5.41) is 11.9. The van der Waals surface area contributed by atoms with E-state index in [1.165, 1.54) is 7.11 Å². The molecule has 0 saturated heterocycles. The van der Waals surface area contributed by atoms with Gasteiger partial charge in [-0.1, -0.05) is 30.3 Å². The Kier molecular flexibility index (Phi) is 6.81. The molecular formula is C27H24N2O5. The van der Waals surface area contributed by atoms with Gasteiger partial charge in [0.1, 0.15) is 23.1 Å². The summed E-state index contributed by atoms with van der Waals surface area (Å²) in [7, 11) is 3.12. The lowest BCUT2D eigenvalue weighted by Gasteiger charge is -2.13. The van der Waals surface area contributed by atoms with E-state index in [1.54, 1.807) is 38.4 Å². The summed E-state index contributed by atoms with van der Waals surface area (Å²) in [5.41, 5.74) is 3.08. The first-order valence-corrected chi connectivity index (χ1v) is 10.7. The molecule has 0 aliphatic heterocycles. The lowest BCUT2D eigenvalue weighted by atomic mass is 9.97. The first-order chi connectivity index (χ1) is 16.6. The van der Waals surface area contributed by atoms with Gasteiger partial charge < -0.3 is 23.5 Å². The maximum atomic E-state index is 12.4. The highest BCUT2D eigenvalue weighted by Gasteiger charge is 2.19. The molecule has 1 heterocycles. The maximum Gasteiger partial charge on any atom is 0.341 e. The second kappa shape index (κ2) is 10.1. The van der Waals surface area contributed by atoms with Crippen LogP contribution in [-0.2, 0) is 9.47 Å². The molecule has 4 aromatic rings. The predicted molar refractivity (Wildman–Crippen MR) is 128 cm³/mol. The second-order valence-electron chi connectivity index (χ2n) is 7.42. The van der Waals surface area contributed by atoms with Crippen molar-refractivity contribution in [3.63, 3.8) is 0 Å². The number of hydrogen-bond donors (Lipinski definition) is 0. The highest BCUT2D eigenvalue weighted by atomic mass is 16.7. The number of carbonyl (C=O) groups excluding carboxylic acids is 1. The van der Waals surface area contributed by atoms with E-state index in [0.29, 0.717) is 28.3 Å². The molecule has 3 aromatic carbocycles. The van der Waals surface area contributed by atoms with Crippen molar-refractivity contribution in [2.75, 3.05) is 27.6 Å². The van der Waals surface area contributed by atoms with E-state index in [9.17, 15) is 10.1 Å². The SMILES string of the molecule is CCOC(=O)c1ccc(-n2cc(C#N)c(-c3c(OC)ccc4ccccc34)c2)cc1OCOC. The highest BCUT2D eigenvalue weighted by molar-refractivity contribution is 6.01. The van der Waals surface area contributed by atoms with Crippen LogP contribution < -0.4 is 9.47 Å². The smallest absolute Gasteiger partial charge is 0.341 e. The first kappa shape index (κ1) is 22.9. The second-order valence-corrected chi connectivity index (χ2v) is 7.42. The van der Waals surface area contributed by atoms with Gasteiger partial charge in [0.25, 0.3) is 0 Å². The number of nitriles is 1. The summed E-state index contributed by atoms with van der Waals surface area (Å²) in [6, 6.07) is 19.3. The van der Waals surface area contributed by atoms with Crippen LogP contribution >= 0.6 is 0 Å². The summed E-state index contributed by atoms with van der Waals surface area (Å²) in [6.45, 7) is 1.97. The minimum atomic E-state index is -0.480. The van der Waals surface area contributed by atoms with Crippen LogP contribution in [0, 0.1) is 11.3 Å². The number of carbonyl (C=O) groups is 1. The van der Waals surface area contributed by atoms with Crippen LogP contribution in [0.3, 0.4) is 0 Å². The van der Waals surface area contributed by atoms with Gasteiger partial charge in [-0.05, 0) is 35.9 Å². The molecule has 0 fully saturated rings. The zero-order valence-corrected chi connectivity index (χ0v) is 19.2. The Bertz CT molecular complexity index is 1380. The zero-order valence-electron chi connectivity index (χ0n) is 19.2. The molecule has 172 valence electrons. The Hall–Kier alpha value is -4.28. The third-order valence-electron chi connectivity index (χ3n) is 5.42. The molecule has 0 amide bonds. The Balaban J connectivity index is 1.86. The van der Waals surface area contributed by atoms with Crippen molar-refractivity contribution in [2.24, 2.45) is 0 Å². The Morgan fingerprint density at radius 2 is 1.85 bits per heavy atom. The molecule has 0 atom stereocenters. The van der Waals surface area contributed by atoms with Crippen LogP contribution in [0.1, 0.15) is 22.8 Å². The highest BCUT2D eigenvalue weighted by Crippen LogP contribution is 2.39. The fraction of sp³-hybridized carbons (Fsp3) is 0.185. The van der Waals surface area contributed by atoms with Crippen molar-refractivity contribution in [3.05, 3.63) is 78.1 Å². The molecule has 34 heavy (non-hydrogen) atoms. The van der Waals surface area contributed by atoms with Crippen LogP contribution in [-0.4, -0.2) is 38.2 Å². The standard InChI is InChI=1S/C27H24N2O5/c1-4-33-27(30)22-11-10-20(13-25(22)34-17-31-2)29-15-19(14-28)23(16-29)26-21-8-6-5-7-18(21)9-12-24(26)32-3/h5-13,15-16H,4,17H2,1-3H3. The van der Waals surface area contributed by atoms with E-state index in [-0.39, 0.29) is 13.4 Å². The molecule has 0 aliphatic rings. The van der Waals surface area contributed by atoms with Gasteiger partial charge in [-0.2, -0.15) is 5.26 Å². The molecule has 0 aliphatic carbocycles. The monoisotopic (exact) mass is 456 g/mol. The molecule has 1 aromatic heterocycles. The summed E-state index contributed by atoms with van der Waals surface area (Å²) >= 11 is 0. The summed E-state index contributed by atoms with van der Waals surface area (Å²) in [5.74, 6) is 0.524. The van der Waals surface area contributed by atoms with Gasteiger partial charge in [0.05, 0.1) is 19.3 Å². The average molecular weight is 456 g/mol. The van der Waals surface area contributed by atoms with Gasteiger partial charge in [0.15, 0.2) is 6.79 Å². The molecule has 7 heteroatoms. The summed E-state index contributed by atoms with van der Waals surface area (Å²) < 4.78 is 23.3. The molecule has 0 unspecified atom stereocenters. The number of benzene rings is 3. The number of fused-ring (bicyclic) bond motifs is 1. The quantitative estimate of drug-likeness (QED) is 0.263.